The molecule has 7 nitrogen and oxygen atoms in total. The van der Waals surface area contributed by atoms with E-state index < -0.39 is 5.54 Å². The van der Waals surface area contributed by atoms with E-state index in [2.05, 4.69) is 16.3 Å². The van der Waals surface area contributed by atoms with Crippen LogP contribution in [0.4, 0.5) is 4.39 Å². The Kier molecular flexibility index (Phi) is 7.08. The minimum absolute atomic E-state index is 0.00506. The molecule has 0 aromatic rings. The molecule has 180 valence electrons. The van der Waals surface area contributed by atoms with E-state index >= 15 is 0 Å². The second kappa shape index (κ2) is 9.84. The minimum Gasteiger partial charge on any atom is -0.495 e. The van der Waals surface area contributed by atoms with Crippen LogP contribution in [0, 0.1) is 23.2 Å². The molecule has 1 aliphatic heterocycles. The predicted molar refractivity (Wildman–Crippen MR) is 121 cm³/mol. The lowest BCUT2D eigenvalue weighted by molar-refractivity contribution is -0.147. The van der Waals surface area contributed by atoms with Gasteiger partial charge in [-0.25, -0.2) is 4.39 Å². The molecule has 0 aromatic heterocycles. The molecule has 8 heteroatoms. The number of nitrogens with zero attached hydrogens (tertiary/aromatic N) is 3. The van der Waals surface area contributed by atoms with Gasteiger partial charge in [-0.3, -0.25) is 14.5 Å². The SMILES string of the molecule is CCOC1=C(F)C=CC(N2CCN(C(=O)[C@@H]3CCCC[C@H]3C(=O)NC3(C#N)CC3)[C@H](C)C2)C1. The Labute approximate surface area is 195 Å². The van der Waals surface area contributed by atoms with E-state index in [1.165, 1.54) is 6.08 Å². The van der Waals surface area contributed by atoms with E-state index in [1.807, 2.05) is 24.8 Å². The van der Waals surface area contributed by atoms with Crippen LogP contribution < -0.4 is 5.32 Å². The van der Waals surface area contributed by atoms with Gasteiger partial charge in [-0.1, -0.05) is 18.9 Å². The largest absolute Gasteiger partial charge is 0.495 e. The number of piperazine rings is 1. The van der Waals surface area contributed by atoms with Crippen LogP contribution in [0.5, 0.6) is 0 Å². The van der Waals surface area contributed by atoms with Crippen LogP contribution in [-0.2, 0) is 14.3 Å². The molecule has 0 radical (unpaired) electrons. The first kappa shape index (κ1) is 23.7. The summed E-state index contributed by atoms with van der Waals surface area (Å²) in [5.74, 6) is -0.658. The number of rotatable bonds is 6. The van der Waals surface area contributed by atoms with Gasteiger partial charge in [0.05, 0.1) is 12.7 Å². The highest BCUT2D eigenvalue weighted by Gasteiger charge is 2.48. The molecule has 1 heterocycles. The van der Waals surface area contributed by atoms with Crippen molar-refractivity contribution < 1.29 is 18.7 Å². The number of nitrogens with one attached hydrogen (secondary N) is 1. The third-order valence-corrected chi connectivity index (χ3v) is 7.60. The predicted octanol–water partition coefficient (Wildman–Crippen LogP) is 3.04. The minimum atomic E-state index is -0.706. The Morgan fingerprint density at radius 2 is 2.00 bits per heavy atom. The number of carbonyl (C=O) groups is 2. The average molecular weight is 459 g/mol. The van der Waals surface area contributed by atoms with Crippen LogP contribution in [0.25, 0.3) is 0 Å². The Balaban J connectivity index is 1.37. The molecule has 1 saturated heterocycles. The molecule has 0 aromatic carbocycles. The van der Waals surface area contributed by atoms with E-state index in [9.17, 15) is 19.2 Å². The lowest BCUT2D eigenvalue weighted by Gasteiger charge is -2.45. The van der Waals surface area contributed by atoms with Crippen molar-refractivity contribution in [3.63, 3.8) is 0 Å². The van der Waals surface area contributed by atoms with E-state index in [-0.39, 0.29) is 41.6 Å². The number of nitriles is 1. The van der Waals surface area contributed by atoms with Crippen LogP contribution in [-0.4, -0.2) is 65.5 Å². The van der Waals surface area contributed by atoms with Crippen molar-refractivity contribution in [1.29, 1.82) is 5.26 Å². The summed E-state index contributed by atoms with van der Waals surface area (Å²) in [5, 5.41) is 12.3. The normalized spacial score (nSPS) is 31.6. The monoisotopic (exact) mass is 458 g/mol. The molecule has 3 fully saturated rings. The second-order valence-corrected chi connectivity index (χ2v) is 9.89. The summed E-state index contributed by atoms with van der Waals surface area (Å²) >= 11 is 0. The maximum atomic E-state index is 14.0. The topological polar surface area (TPSA) is 85.7 Å². The summed E-state index contributed by atoms with van der Waals surface area (Å²) in [7, 11) is 0. The fraction of sp³-hybridized carbons (Fsp3) is 0.720. The molecular formula is C25H35FN4O3. The fourth-order valence-corrected chi connectivity index (χ4v) is 5.48. The lowest BCUT2D eigenvalue weighted by atomic mass is 9.77. The molecule has 1 unspecified atom stereocenters. The second-order valence-electron chi connectivity index (χ2n) is 9.89. The van der Waals surface area contributed by atoms with E-state index in [0.29, 0.717) is 57.7 Å². The van der Waals surface area contributed by atoms with Crippen molar-refractivity contribution >= 4 is 11.8 Å². The summed E-state index contributed by atoms with van der Waals surface area (Å²) in [6, 6.07) is 2.27. The molecule has 4 atom stereocenters. The van der Waals surface area contributed by atoms with Crippen molar-refractivity contribution in [1.82, 2.24) is 15.1 Å². The highest BCUT2D eigenvalue weighted by atomic mass is 19.1. The zero-order chi connectivity index (χ0) is 23.6. The van der Waals surface area contributed by atoms with Gasteiger partial charge in [-0.05, 0) is 45.6 Å². The number of ether oxygens (including phenoxy) is 1. The maximum absolute atomic E-state index is 14.0. The Bertz CT molecular complexity index is 875. The third-order valence-electron chi connectivity index (χ3n) is 7.60. The van der Waals surface area contributed by atoms with Gasteiger partial charge in [0, 0.05) is 50.0 Å². The molecule has 2 saturated carbocycles. The summed E-state index contributed by atoms with van der Waals surface area (Å²) in [5.41, 5.74) is -0.706. The number of carbonyl (C=O) groups excluding carboxylic acids is 2. The van der Waals surface area contributed by atoms with Crippen molar-refractivity contribution in [2.75, 3.05) is 26.2 Å². The van der Waals surface area contributed by atoms with Gasteiger partial charge in [0.2, 0.25) is 11.8 Å². The van der Waals surface area contributed by atoms with Gasteiger partial charge in [-0.15, -0.1) is 0 Å². The smallest absolute Gasteiger partial charge is 0.226 e. The summed E-state index contributed by atoms with van der Waals surface area (Å²) < 4.78 is 19.5. The van der Waals surface area contributed by atoms with Gasteiger partial charge in [-0.2, -0.15) is 5.26 Å². The lowest BCUT2D eigenvalue weighted by Crippen LogP contribution is -2.58. The molecular weight excluding hydrogens is 423 g/mol. The molecule has 1 N–H and O–H groups in total. The van der Waals surface area contributed by atoms with E-state index in [4.69, 9.17) is 4.74 Å². The molecule has 2 amide bonds. The van der Waals surface area contributed by atoms with Crippen LogP contribution in [0.15, 0.2) is 23.7 Å². The van der Waals surface area contributed by atoms with Gasteiger partial charge in [0.1, 0.15) is 11.3 Å². The van der Waals surface area contributed by atoms with Gasteiger partial charge >= 0.3 is 0 Å². The van der Waals surface area contributed by atoms with Crippen molar-refractivity contribution in [3.8, 4) is 6.07 Å². The van der Waals surface area contributed by atoms with Gasteiger partial charge < -0.3 is 15.0 Å². The zero-order valence-electron chi connectivity index (χ0n) is 19.7. The molecule has 4 rings (SSSR count). The highest BCUT2D eigenvalue weighted by Crippen LogP contribution is 2.38. The first-order valence-corrected chi connectivity index (χ1v) is 12.3. The molecule has 4 aliphatic rings. The summed E-state index contributed by atoms with van der Waals surface area (Å²) in [4.78, 5) is 30.7. The number of allylic oxidation sites excluding steroid dienone is 2. The van der Waals surface area contributed by atoms with Crippen LogP contribution in [0.2, 0.25) is 0 Å². The number of amides is 2. The summed E-state index contributed by atoms with van der Waals surface area (Å²) in [6.07, 6.45) is 8.56. The Morgan fingerprint density at radius 1 is 1.27 bits per heavy atom. The molecule has 0 spiro atoms. The molecule has 0 bridgehead atoms. The first-order valence-electron chi connectivity index (χ1n) is 12.3. The van der Waals surface area contributed by atoms with Crippen molar-refractivity contribution in [2.45, 2.75) is 76.4 Å². The van der Waals surface area contributed by atoms with Gasteiger partial charge in [0.15, 0.2) is 5.83 Å². The Morgan fingerprint density at radius 3 is 2.64 bits per heavy atom. The fourth-order valence-electron chi connectivity index (χ4n) is 5.48. The highest BCUT2D eigenvalue weighted by molar-refractivity contribution is 5.89. The van der Waals surface area contributed by atoms with E-state index in [0.717, 1.165) is 19.3 Å². The quantitative estimate of drug-likeness (QED) is 0.661. The average Bonchev–Trinajstić information content (AvgIpc) is 3.60. The van der Waals surface area contributed by atoms with E-state index in [1.54, 1.807) is 0 Å². The van der Waals surface area contributed by atoms with Crippen LogP contribution in [0.1, 0.15) is 58.8 Å². The standard InChI is InChI=1S/C25H35FN4O3/c1-3-33-22-14-18(8-9-21(22)26)29-12-13-30(17(2)15-29)24(32)20-7-5-4-6-19(20)23(31)28-25(16-27)10-11-25/h8-9,17-20H,3-7,10-15H2,1-2H3,(H,28,31)/t17-,18?,19-,20-/m1/s1. The number of hydrogen-bond donors (Lipinski definition) is 1. The van der Waals surface area contributed by atoms with Crippen LogP contribution >= 0.6 is 0 Å². The van der Waals surface area contributed by atoms with Gasteiger partial charge in [0.25, 0.3) is 0 Å². The third kappa shape index (κ3) is 5.08. The van der Waals surface area contributed by atoms with Crippen LogP contribution in [0.3, 0.4) is 0 Å². The number of hydrogen-bond acceptors (Lipinski definition) is 5. The molecule has 33 heavy (non-hydrogen) atoms. The first-order chi connectivity index (χ1) is 15.9. The van der Waals surface area contributed by atoms with Crippen molar-refractivity contribution in [3.05, 3.63) is 23.7 Å². The maximum Gasteiger partial charge on any atom is 0.226 e. The van der Waals surface area contributed by atoms with Crippen molar-refractivity contribution in [2.24, 2.45) is 11.8 Å². The summed E-state index contributed by atoms with van der Waals surface area (Å²) in [6.45, 7) is 6.32. The molecule has 3 aliphatic carbocycles. The Hall–Kier alpha value is -2.40. The number of halogens is 1. The zero-order valence-corrected chi connectivity index (χ0v) is 19.7.